The number of hydrogen-bond acceptors (Lipinski definition) is 4. The SMILES string of the molecule is CC(O)(CNC(=O)c1cc(F)c(F)c(O)c1F)C(=O)O. The van der Waals surface area contributed by atoms with E-state index in [9.17, 15) is 27.9 Å². The first-order valence-corrected chi connectivity index (χ1v) is 5.18. The summed E-state index contributed by atoms with van der Waals surface area (Å²) in [6.07, 6.45) is 0. The molecule has 1 atom stereocenters. The van der Waals surface area contributed by atoms with E-state index in [1.165, 1.54) is 0 Å². The summed E-state index contributed by atoms with van der Waals surface area (Å²) in [6, 6.07) is 0.204. The third-order valence-electron chi connectivity index (χ3n) is 2.43. The number of rotatable bonds is 4. The van der Waals surface area contributed by atoms with Crippen LogP contribution < -0.4 is 5.32 Å². The van der Waals surface area contributed by atoms with Crippen molar-refractivity contribution >= 4 is 11.9 Å². The molecule has 0 radical (unpaired) electrons. The molecule has 0 saturated carbocycles. The number of benzene rings is 1. The Kier molecular flexibility index (Phi) is 4.23. The molecule has 0 aliphatic heterocycles. The lowest BCUT2D eigenvalue weighted by atomic mass is 10.1. The van der Waals surface area contributed by atoms with Gasteiger partial charge in [-0.2, -0.15) is 4.39 Å². The van der Waals surface area contributed by atoms with Crippen LogP contribution in [0, 0.1) is 17.5 Å². The molecule has 1 unspecified atom stereocenters. The van der Waals surface area contributed by atoms with Crippen LogP contribution >= 0.6 is 0 Å². The molecule has 1 amide bonds. The summed E-state index contributed by atoms with van der Waals surface area (Å²) in [5, 5.41) is 28.6. The number of halogens is 3. The topological polar surface area (TPSA) is 107 Å². The summed E-state index contributed by atoms with van der Waals surface area (Å²) >= 11 is 0. The number of carboxylic acid groups (broad SMARTS) is 1. The van der Waals surface area contributed by atoms with Crippen molar-refractivity contribution in [2.75, 3.05) is 6.54 Å². The molecule has 6 nitrogen and oxygen atoms in total. The zero-order valence-electron chi connectivity index (χ0n) is 10.1. The second-order valence-electron chi connectivity index (χ2n) is 4.14. The monoisotopic (exact) mass is 293 g/mol. The third kappa shape index (κ3) is 2.99. The second kappa shape index (κ2) is 5.37. The predicted molar refractivity (Wildman–Crippen MR) is 58.6 cm³/mol. The lowest BCUT2D eigenvalue weighted by molar-refractivity contribution is -0.155. The molecule has 9 heteroatoms. The van der Waals surface area contributed by atoms with E-state index in [-0.39, 0.29) is 6.07 Å². The van der Waals surface area contributed by atoms with Crippen molar-refractivity contribution in [2.45, 2.75) is 12.5 Å². The van der Waals surface area contributed by atoms with Crippen molar-refractivity contribution in [3.8, 4) is 5.75 Å². The fourth-order valence-corrected chi connectivity index (χ4v) is 1.18. The summed E-state index contributed by atoms with van der Waals surface area (Å²) in [5.41, 5.74) is -3.35. The van der Waals surface area contributed by atoms with Gasteiger partial charge in [-0.25, -0.2) is 13.6 Å². The Hall–Kier alpha value is -2.29. The van der Waals surface area contributed by atoms with Crippen LogP contribution in [0.1, 0.15) is 17.3 Å². The molecule has 0 aliphatic carbocycles. The first-order chi connectivity index (χ1) is 9.08. The number of hydrogen-bond donors (Lipinski definition) is 4. The number of phenols is 1. The fourth-order valence-electron chi connectivity index (χ4n) is 1.18. The molecular formula is C11H10F3NO5. The van der Waals surface area contributed by atoms with E-state index in [4.69, 9.17) is 10.2 Å². The van der Waals surface area contributed by atoms with Crippen LogP contribution in [0.25, 0.3) is 0 Å². The van der Waals surface area contributed by atoms with Crippen LogP contribution in [-0.2, 0) is 4.79 Å². The highest BCUT2D eigenvalue weighted by atomic mass is 19.2. The molecule has 1 aromatic carbocycles. The standard InChI is InChI=1S/C11H10F3NO5/c1-11(20,10(18)19)3-15-9(17)4-2-5(12)7(14)8(16)6(4)13/h2,16,20H,3H2,1H3,(H,15,17)(H,18,19). The zero-order valence-corrected chi connectivity index (χ0v) is 10.1. The highest BCUT2D eigenvalue weighted by Gasteiger charge is 2.31. The average molecular weight is 293 g/mol. The van der Waals surface area contributed by atoms with E-state index < -0.39 is 52.8 Å². The molecule has 0 heterocycles. The minimum atomic E-state index is -2.33. The van der Waals surface area contributed by atoms with E-state index in [0.717, 1.165) is 6.92 Å². The van der Waals surface area contributed by atoms with Gasteiger partial charge in [0.15, 0.2) is 23.0 Å². The summed E-state index contributed by atoms with van der Waals surface area (Å²) in [5.74, 6) is -9.84. The molecule has 0 bridgehead atoms. The van der Waals surface area contributed by atoms with E-state index in [1.807, 2.05) is 5.32 Å². The molecule has 20 heavy (non-hydrogen) atoms. The number of carboxylic acids is 1. The van der Waals surface area contributed by atoms with Crippen LogP contribution in [0.15, 0.2) is 6.07 Å². The van der Waals surface area contributed by atoms with Crippen LogP contribution in [0.5, 0.6) is 5.75 Å². The molecule has 1 aromatic rings. The lowest BCUT2D eigenvalue weighted by Gasteiger charge is -2.18. The Morgan fingerprint density at radius 3 is 2.35 bits per heavy atom. The summed E-state index contributed by atoms with van der Waals surface area (Å²) in [4.78, 5) is 22.1. The van der Waals surface area contributed by atoms with Gasteiger partial charge in [0.25, 0.3) is 5.91 Å². The molecule has 0 spiro atoms. The Morgan fingerprint density at radius 2 is 1.85 bits per heavy atom. The molecule has 0 aromatic heterocycles. The highest BCUT2D eigenvalue weighted by Crippen LogP contribution is 2.25. The van der Waals surface area contributed by atoms with Crippen molar-refractivity contribution in [1.29, 1.82) is 0 Å². The van der Waals surface area contributed by atoms with Gasteiger partial charge in [0, 0.05) is 0 Å². The number of aliphatic hydroxyl groups is 1. The van der Waals surface area contributed by atoms with Gasteiger partial charge in [-0.15, -0.1) is 0 Å². The van der Waals surface area contributed by atoms with Gasteiger partial charge in [-0.05, 0) is 13.0 Å². The Bertz CT molecular complexity index is 574. The van der Waals surface area contributed by atoms with Crippen LogP contribution in [0.4, 0.5) is 13.2 Å². The number of carbonyl (C=O) groups is 2. The Morgan fingerprint density at radius 1 is 1.30 bits per heavy atom. The third-order valence-corrected chi connectivity index (χ3v) is 2.43. The van der Waals surface area contributed by atoms with Crippen molar-refractivity contribution in [3.63, 3.8) is 0 Å². The highest BCUT2D eigenvalue weighted by molar-refractivity contribution is 5.95. The van der Waals surface area contributed by atoms with Gasteiger partial charge >= 0.3 is 5.97 Å². The number of amides is 1. The van der Waals surface area contributed by atoms with Gasteiger partial charge < -0.3 is 20.6 Å². The smallest absolute Gasteiger partial charge is 0.337 e. The van der Waals surface area contributed by atoms with E-state index in [2.05, 4.69) is 0 Å². The average Bonchev–Trinajstić information content (AvgIpc) is 2.37. The van der Waals surface area contributed by atoms with Crippen LogP contribution in [-0.4, -0.2) is 39.3 Å². The number of nitrogens with one attached hydrogen (secondary N) is 1. The quantitative estimate of drug-likeness (QED) is 0.600. The molecule has 0 saturated heterocycles. The van der Waals surface area contributed by atoms with Gasteiger partial charge in [0.05, 0.1) is 12.1 Å². The van der Waals surface area contributed by atoms with Crippen LogP contribution in [0.2, 0.25) is 0 Å². The first-order valence-electron chi connectivity index (χ1n) is 5.18. The summed E-state index contributed by atoms with van der Waals surface area (Å²) in [7, 11) is 0. The molecule has 0 aliphatic rings. The van der Waals surface area contributed by atoms with Gasteiger partial charge in [0.1, 0.15) is 0 Å². The maximum atomic E-state index is 13.4. The van der Waals surface area contributed by atoms with E-state index in [1.54, 1.807) is 0 Å². The zero-order chi connectivity index (χ0) is 15.7. The number of carbonyl (C=O) groups excluding carboxylic acids is 1. The van der Waals surface area contributed by atoms with Gasteiger partial charge in [-0.3, -0.25) is 4.79 Å². The largest absolute Gasteiger partial charge is 0.503 e. The molecule has 4 N–H and O–H groups in total. The molecular weight excluding hydrogens is 283 g/mol. The molecule has 110 valence electrons. The molecule has 1 rings (SSSR count). The maximum Gasteiger partial charge on any atom is 0.337 e. The normalized spacial score (nSPS) is 13.7. The van der Waals surface area contributed by atoms with E-state index in [0.29, 0.717) is 0 Å². The second-order valence-corrected chi connectivity index (χ2v) is 4.14. The van der Waals surface area contributed by atoms with Crippen molar-refractivity contribution in [3.05, 3.63) is 29.1 Å². The number of phenolic OH excluding ortho intramolecular Hbond substituents is 1. The minimum Gasteiger partial charge on any atom is -0.503 e. The number of aliphatic carboxylic acids is 1. The Balaban J connectivity index is 2.98. The Labute approximate surface area is 110 Å². The van der Waals surface area contributed by atoms with Crippen molar-refractivity contribution in [2.24, 2.45) is 0 Å². The number of aromatic hydroxyl groups is 1. The molecule has 0 fully saturated rings. The maximum absolute atomic E-state index is 13.4. The fraction of sp³-hybridized carbons (Fsp3) is 0.273. The van der Waals surface area contributed by atoms with Gasteiger partial charge in [-0.1, -0.05) is 0 Å². The summed E-state index contributed by atoms with van der Waals surface area (Å²) < 4.78 is 39.1. The van der Waals surface area contributed by atoms with Crippen molar-refractivity contribution < 1.29 is 38.1 Å². The first kappa shape index (κ1) is 15.8. The predicted octanol–water partition coefficient (Wildman–Crippen LogP) is 0.375. The minimum absolute atomic E-state index is 0.204. The summed E-state index contributed by atoms with van der Waals surface area (Å²) in [6.45, 7) is 0.0645. The lowest BCUT2D eigenvalue weighted by Crippen LogP contribution is -2.46. The van der Waals surface area contributed by atoms with E-state index >= 15 is 0 Å². The van der Waals surface area contributed by atoms with Crippen LogP contribution in [0.3, 0.4) is 0 Å². The van der Waals surface area contributed by atoms with Crippen molar-refractivity contribution in [1.82, 2.24) is 5.32 Å². The van der Waals surface area contributed by atoms with Gasteiger partial charge in [0.2, 0.25) is 5.82 Å².